The molecule has 14 heavy (non-hydrogen) atoms. The number of hydrogen-bond donors (Lipinski definition) is 1. The smallest absolute Gasteiger partial charge is 0.325 e. The van der Waals surface area contributed by atoms with Crippen LogP contribution in [0.2, 0.25) is 0 Å². The molecule has 0 aromatic heterocycles. The monoisotopic (exact) mass is 243 g/mol. The van der Waals surface area contributed by atoms with Gasteiger partial charge in [-0.25, -0.2) is 8.42 Å². The molecule has 0 fully saturated rings. The molecular weight excluding hydrogens is 230 g/mol. The van der Waals surface area contributed by atoms with Crippen molar-refractivity contribution in [1.29, 1.82) is 0 Å². The lowest BCUT2D eigenvalue weighted by atomic mass is 10.4. The second-order valence-corrected chi connectivity index (χ2v) is 5.61. The third-order valence-corrected chi connectivity index (χ3v) is 2.71. The number of methoxy groups -OCH3 is 1. The lowest BCUT2D eigenvalue weighted by molar-refractivity contribution is -0.140. The van der Waals surface area contributed by atoms with Crippen LogP contribution < -0.4 is 5.32 Å². The van der Waals surface area contributed by atoms with Gasteiger partial charge in [0.25, 0.3) is 0 Å². The maximum absolute atomic E-state index is 10.8. The molecule has 0 heterocycles. The number of rotatable bonds is 6. The van der Waals surface area contributed by atoms with Crippen molar-refractivity contribution in [3.8, 4) is 0 Å². The van der Waals surface area contributed by atoms with Crippen LogP contribution in [0.15, 0.2) is 0 Å². The molecule has 0 aromatic rings. The van der Waals surface area contributed by atoms with Gasteiger partial charge in [-0.3, -0.25) is 4.79 Å². The minimum Gasteiger partial charge on any atom is -0.468 e. The number of carbonyl (C=O) groups is 1. The van der Waals surface area contributed by atoms with Gasteiger partial charge < -0.3 is 10.1 Å². The summed E-state index contributed by atoms with van der Waals surface area (Å²) in [5.74, 6) is -0.504. The number of carbonyl (C=O) groups excluding carboxylic acids is 1. The summed E-state index contributed by atoms with van der Waals surface area (Å²) in [4.78, 5) is 10.8. The molecule has 0 aliphatic carbocycles. The Morgan fingerprint density at radius 3 is 2.57 bits per heavy atom. The molecular formula is C7H14ClNO4S. The van der Waals surface area contributed by atoms with Gasteiger partial charge in [0.1, 0.15) is 15.2 Å². The first-order valence-electron chi connectivity index (χ1n) is 3.97. The highest BCUT2D eigenvalue weighted by atomic mass is 35.5. The molecule has 7 heteroatoms. The van der Waals surface area contributed by atoms with E-state index in [4.69, 9.17) is 11.6 Å². The Hall–Kier alpha value is -0.330. The van der Waals surface area contributed by atoms with E-state index in [1.165, 1.54) is 7.11 Å². The van der Waals surface area contributed by atoms with Crippen LogP contribution >= 0.6 is 11.6 Å². The van der Waals surface area contributed by atoms with Crippen molar-refractivity contribution in [3.05, 3.63) is 0 Å². The van der Waals surface area contributed by atoms with Crippen molar-refractivity contribution < 1.29 is 17.9 Å². The van der Waals surface area contributed by atoms with Crippen molar-refractivity contribution in [2.24, 2.45) is 0 Å². The lowest BCUT2D eigenvalue weighted by Gasteiger charge is -2.07. The number of hydrogen-bond acceptors (Lipinski definition) is 5. The van der Waals surface area contributed by atoms with Crippen molar-refractivity contribution in [1.82, 2.24) is 5.32 Å². The van der Waals surface area contributed by atoms with E-state index in [1.807, 2.05) is 0 Å². The molecule has 0 aromatic carbocycles. The number of halogens is 1. The molecule has 0 rings (SSSR count). The van der Waals surface area contributed by atoms with Crippen LogP contribution in [0.4, 0.5) is 0 Å². The van der Waals surface area contributed by atoms with Crippen LogP contribution in [0.25, 0.3) is 0 Å². The average Bonchev–Trinajstić information content (AvgIpc) is 2.09. The van der Waals surface area contributed by atoms with Gasteiger partial charge in [0.05, 0.1) is 12.9 Å². The fraction of sp³-hybridized carbons (Fsp3) is 0.857. The second-order valence-electron chi connectivity index (χ2n) is 2.82. The molecule has 0 aliphatic heterocycles. The van der Waals surface area contributed by atoms with E-state index in [1.54, 1.807) is 0 Å². The Bertz CT molecular complexity index is 277. The Morgan fingerprint density at radius 1 is 1.57 bits per heavy atom. The van der Waals surface area contributed by atoms with Crippen molar-refractivity contribution in [2.75, 3.05) is 32.2 Å². The highest BCUT2D eigenvalue weighted by Gasteiger charge is 2.14. The Kier molecular flexibility index (Phi) is 6.06. The quantitative estimate of drug-likeness (QED) is 0.383. The van der Waals surface area contributed by atoms with Gasteiger partial charge in [-0.15, -0.1) is 11.6 Å². The Morgan fingerprint density at radius 2 is 2.14 bits per heavy atom. The van der Waals surface area contributed by atoms with Crippen molar-refractivity contribution in [2.45, 2.75) is 5.38 Å². The molecule has 84 valence electrons. The van der Waals surface area contributed by atoms with E-state index in [2.05, 4.69) is 10.1 Å². The maximum atomic E-state index is 10.8. The zero-order chi connectivity index (χ0) is 11.2. The summed E-state index contributed by atoms with van der Waals surface area (Å²) in [6, 6.07) is 0. The average molecular weight is 244 g/mol. The molecule has 0 radical (unpaired) electrons. The first-order chi connectivity index (χ1) is 6.37. The SMILES string of the molecule is COC(=O)C(Cl)CNCCS(C)(=O)=O. The molecule has 1 N–H and O–H groups in total. The summed E-state index contributed by atoms with van der Waals surface area (Å²) in [5.41, 5.74) is 0. The van der Waals surface area contributed by atoms with Crippen LogP contribution in [-0.4, -0.2) is 52.0 Å². The Labute approximate surface area is 88.7 Å². The Balaban J connectivity index is 3.60. The molecule has 0 saturated heterocycles. The lowest BCUT2D eigenvalue weighted by Crippen LogP contribution is -2.32. The van der Waals surface area contributed by atoms with Gasteiger partial charge in [0, 0.05) is 19.3 Å². The van der Waals surface area contributed by atoms with Crippen LogP contribution in [0.3, 0.4) is 0 Å². The number of esters is 1. The van der Waals surface area contributed by atoms with Crippen molar-refractivity contribution >= 4 is 27.4 Å². The summed E-state index contributed by atoms with van der Waals surface area (Å²) >= 11 is 5.59. The summed E-state index contributed by atoms with van der Waals surface area (Å²) < 4.78 is 25.8. The summed E-state index contributed by atoms with van der Waals surface area (Å²) in [6.07, 6.45) is 1.15. The first-order valence-corrected chi connectivity index (χ1v) is 6.47. The third-order valence-electron chi connectivity index (χ3n) is 1.43. The van der Waals surface area contributed by atoms with E-state index in [9.17, 15) is 13.2 Å². The minimum atomic E-state index is -2.97. The zero-order valence-electron chi connectivity index (χ0n) is 8.12. The van der Waals surface area contributed by atoms with E-state index in [0.29, 0.717) is 0 Å². The minimum absolute atomic E-state index is 0.0256. The second kappa shape index (κ2) is 6.21. The molecule has 0 saturated carbocycles. The van der Waals surface area contributed by atoms with E-state index >= 15 is 0 Å². The summed E-state index contributed by atoms with van der Waals surface area (Å²) in [6.45, 7) is 0.475. The zero-order valence-corrected chi connectivity index (χ0v) is 9.69. The molecule has 0 bridgehead atoms. The molecule has 0 spiro atoms. The standard InChI is InChI=1S/C7H14ClNO4S/c1-13-7(10)6(8)5-9-3-4-14(2,11)12/h6,9H,3-5H2,1-2H3. The van der Waals surface area contributed by atoms with Crippen LogP contribution in [0, 0.1) is 0 Å². The topological polar surface area (TPSA) is 72.5 Å². The molecule has 1 atom stereocenters. The van der Waals surface area contributed by atoms with Gasteiger partial charge in [0.15, 0.2) is 0 Å². The predicted octanol–water partition coefficient (Wildman–Crippen LogP) is -0.599. The molecule has 5 nitrogen and oxygen atoms in total. The van der Waals surface area contributed by atoms with Gasteiger partial charge in [-0.2, -0.15) is 0 Å². The van der Waals surface area contributed by atoms with Crippen LogP contribution in [0.5, 0.6) is 0 Å². The van der Waals surface area contributed by atoms with Crippen LogP contribution in [-0.2, 0) is 19.4 Å². The number of sulfone groups is 1. The van der Waals surface area contributed by atoms with E-state index in [0.717, 1.165) is 6.26 Å². The van der Waals surface area contributed by atoms with Gasteiger partial charge in [0.2, 0.25) is 0 Å². The first kappa shape index (κ1) is 13.7. The largest absolute Gasteiger partial charge is 0.468 e. The van der Waals surface area contributed by atoms with Gasteiger partial charge in [-0.1, -0.05) is 0 Å². The number of ether oxygens (including phenoxy) is 1. The van der Waals surface area contributed by atoms with Gasteiger partial charge >= 0.3 is 5.97 Å². The molecule has 0 amide bonds. The summed E-state index contributed by atoms with van der Waals surface area (Å²) in [7, 11) is -1.73. The van der Waals surface area contributed by atoms with Crippen LogP contribution in [0.1, 0.15) is 0 Å². The summed E-state index contributed by atoms with van der Waals surface area (Å²) in [5, 5.41) is 1.97. The third kappa shape index (κ3) is 7.11. The van der Waals surface area contributed by atoms with E-state index in [-0.39, 0.29) is 18.8 Å². The number of nitrogens with one attached hydrogen (secondary N) is 1. The highest BCUT2D eigenvalue weighted by Crippen LogP contribution is 1.95. The number of alkyl halides is 1. The van der Waals surface area contributed by atoms with Gasteiger partial charge in [-0.05, 0) is 0 Å². The molecule has 0 aliphatic rings. The fourth-order valence-corrected chi connectivity index (χ4v) is 1.41. The van der Waals surface area contributed by atoms with E-state index < -0.39 is 21.2 Å². The fourth-order valence-electron chi connectivity index (χ4n) is 0.698. The van der Waals surface area contributed by atoms with Crippen molar-refractivity contribution in [3.63, 3.8) is 0 Å². The normalized spacial score (nSPS) is 13.6. The predicted molar refractivity (Wildman–Crippen MR) is 54.2 cm³/mol. The highest BCUT2D eigenvalue weighted by molar-refractivity contribution is 7.90. The molecule has 1 unspecified atom stereocenters. The maximum Gasteiger partial charge on any atom is 0.325 e.